The molecular weight excluding hydrogens is 356 g/mol. The molecule has 0 rings (SSSR count). The molecule has 0 aliphatic rings. The van der Waals surface area contributed by atoms with E-state index in [1.54, 1.807) is 0 Å². The fourth-order valence-corrected chi connectivity index (χ4v) is 3.74. The minimum Gasteiger partial charge on any atom is -0.544 e. The predicted octanol–water partition coefficient (Wildman–Crippen LogP) is 6.64. The van der Waals surface area contributed by atoms with Gasteiger partial charge in [-0.25, -0.2) is 0 Å². The van der Waals surface area contributed by atoms with Gasteiger partial charge in [-0.2, -0.15) is 0 Å². The molecule has 0 radical (unpaired) electrons. The SMILES string of the molecule is CCO/C(=C/C(=C/CCCCCCCl)O[Si](C)(C)C)O[Si](C)(C)C. The fourth-order valence-electron chi connectivity index (χ4n) is 1.98. The van der Waals surface area contributed by atoms with Crippen molar-refractivity contribution in [2.45, 2.75) is 78.3 Å². The van der Waals surface area contributed by atoms with Crippen LogP contribution < -0.4 is 0 Å². The summed E-state index contributed by atoms with van der Waals surface area (Å²) in [5.41, 5.74) is 0. The molecule has 0 fully saturated rings. The number of alkyl halides is 1. The lowest BCUT2D eigenvalue weighted by atomic mass is 10.1. The quantitative estimate of drug-likeness (QED) is 0.115. The first-order valence-electron chi connectivity index (χ1n) is 9.06. The zero-order chi connectivity index (χ0) is 18.6. The summed E-state index contributed by atoms with van der Waals surface area (Å²) in [5.74, 6) is 2.23. The smallest absolute Gasteiger partial charge is 0.268 e. The van der Waals surface area contributed by atoms with Crippen molar-refractivity contribution < 1.29 is 13.6 Å². The first kappa shape index (κ1) is 23.6. The van der Waals surface area contributed by atoms with Crippen LogP contribution >= 0.6 is 11.6 Å². The van der Waals surface area contributed by atoms with Gasteiger partial charge in [-0.15, -0.1) is 11.6 Å². The summed E-state index contributed by atoms with van der Waals surface area (Å²) in [6, 6.07) is 0. The van der Waals surface area contributed by atoms with E-state index in [0.29, 0.717) is 12.6 Å². The van der Waals surface area contributed by atoms with Crippen LogP contribution in [0, 0.1) is 0 Å². The van der Waals surface area contributed by atoms with Crippen molar-refractivity contribution in [3.8, 4) is 0 Å². The third kappa shape index (κ3) is 15.2. The van der Waals surface area contributed by atoms with E-state index in [0.717, 1.165) is 30.9 Å². The minimum absolute atomic E-state index is 0.586. The number of ether oxygens (including phenoxy) is 1. The van der Waals surface area contributed by atoms with Gasteiger partial charge in [-0.3, -0.25) is 0 Å². The Bertz CT molecular complexity index is 396. The molecular formula is C18H37ClO3Si2. The normalized spacial score (nSPS) is 13.8. The number of rotatable bonds is 13. The van der Waals surface area contributed by atoms with E-state index in [1.807, 2.05) is 13.0 Å². The monoisotopic (exact) mass is 392 g/mol. The highest BCUT2D eigenvalue weighted by molar-refractivity contribution is 6.70. The highest BCUT2D eigenvalue weighted by Gasteiger charge is 2.21. The summed E-state index contributed by atoms with van der Waals surface area (Å²) in [6.07, 6.45) is 9.76. The molecule has 0 spiro atoms. The van der Waals surface area contributed by atoms with E-state index in [2.05, 4.69) is 45.4 Å². The maximum atomic E-state index is 6.21. The first-order chi connectivity index (χ1) is 11.1. The van der Waals surface area contributed by atoms with Gasteiger partial charge >= 0.3 is 0 Å². The maximum Gasteiger partial charge on any atom is 0.268 e. The standard InChI is InChI=1S/C18H37ClO3Si2/c1-8-20-18(22-24(5,6)7)16-17(21-23(2,3)4)14-12-10-9-11-13-15-19/h14,16H,8-13,15H2,1-7H3/b17-14-,18-16-. The lowest BCUT2D eigenvalue weighted by molar-refractivity contribution is 0.111. The van der Waals surface area contributed by atoms with Gasteiger partial charge in [-0.05, 0) is 71.5 Å². The Morgan fingerprint density at radius 2 is 1.46 bits per heavy atom. The molecule has 0 aliphatic heterocycles. The van der Waals surface area contributed by atoms with Crippen molar-refractivity contribution in [1.29, 1.82) is 0 Å². The summed E-state index contributed by atoms with van der Waals surface area (Å²) in [6.45, 7) is 15.6. The fraction of sp³-hybridized carbons (Fsp3) is 0.778. The van der Waals surface area contributed by atoms with Crippen molar-refractivity contribution in [3.63, 3.8) is 0 Å². The third-order valence-corrected chi connectivity index (χ3v) is 4.74. The topological polar surface area (TPSA) is 27.7 Å². The molecule has 6 heteroatoms. The summed E-state index contributed by atoms with van der Waals surface area (Å²) in [7, 11) is -3.39. The molecule has 0 bridgehead atoms. The summed E-state index contributed by atoms with van der Waals surface area (Å²) < 4.78 is 17.9. The molecule has 0 atom stereocenters. The second kappa shape index (κ2) is 12.0. The molecule has 0 unspecified atom stereocenters. The van der Waals surface area contributed by atoms with Crippen molar-refractivity contribution >= 4 is 28.2 Å². The summed E-state index contributed by atoms with van der Waals surface area (Å²) in [5, 5.41) is 0. The highest BCUT2D eigenvalue weighted by atomic mass is 35.5. The van der Waals surface area contributed by atoms with E-state index < -0.39 is 16.6 Å². The van der Waals surface area contributed by atoms with Crippen molar-refractivity contribution in [2.75, 3.05) is 12.5 Å². The zero-order valence-corrected chi connectivity index (χ0v) is 19.5. The number of halogens is 1. The van der Waals surface area contributed by atoms with Crippen LogP contribution in [0.1, 0.15) is 39.0 Å². The van der Waals surface area contributed by atoms with Gasteiger partial charge < -0.3 is 13.6 Å². The van der Waals surface area contributed by atoms with Crippen LogP contribution in [0.15, 0.2) is 23.9 Å². The Balaban J connectivity index is 4.97. The van der Waals surface area contributed by atoms with Crippen molar-refractivity contribution in [1.82, 2.24) is 0 Å². The second-order valence-corrected chi connectivity index (χ2v) is 17.1. The first-order valence-corrected chi connectivity index (χ1v) is 16.4. The van der Waals surface area contributed by atoms with E-state index in [4.69, 9.17) is 25.2 Å². The molecule has 0 aromatic heterocycles. The van der Waals surface area contributed by atoms with Gasteiger partial charge in [-0.1, -0.05) is 12.8 Å². The van der Waals surface area contributed by atoms with Gasteiger partial charge in [0.1, 0.15) is 5.76 Å². The maximum absolute atomic E-state index is 6.21. The molecule has 0 N–H and O–H groups in total. The molecule has 3 nitrogen and oxygen atoms in total. The molecule has 0 aliphatic carbocycles. The number of allylic oxidation sites excluding steroid dienone is 2. The summed E-state index contributed by atoms with van der Waals surface area (Å²) >= 11 is 5.72. The molecule has 0 amide bonds. The van der Waals surface area contributed by atoms with E-state index >= 15 is 0 Å². The van der Waals surface area contributed by atoms with E-state index in [1.165, 1.54) is 12.8 Å². The van der Waals surface area contributed by atoms with Gasteiger partial charge in [0.2, 0.25) is 16.6 Å². The minimum atomic E-state index is -1.71. The Kier molecular flexibility index (Phi) is 11.8. The van der Waals surface area contributed by atoms with Gasteiger partial charge in [0, 0.05) is 5.88 Å². The predicted molar refractivity (Wildman–Crippen MR) is 110 cm³/mol. The van der Waals surface area contributed by atoms with Crippen LogP contribution in [-0.2, 0) is 13.6 Å². The molecule has 0 aromatic carbocycles. The molecule has 0 aromatic rings. The van der Waals surface area contributed by atoms with Crippen LogP contribution in [0.5, 0.6) is 0 Å². The van der Waals surface area contributed by atoms with Crippen LogP contribution in [0.2, 0.25) is 39.3 Å². The summed E-state index contributed by atoms with van der Waals surface area (Å²) in [4.78, 5) is 0. The Labute approximate surface area is 156 Å². The third-order valence-electron chi connectivity index (χ3n) is 2.81. The largest absolute Gasteiger partial charge is 0.544 e. The Morgan fingerprint density at radius 1 is 0.875 bits per heavy atom. The lowest BCUT2D eigenvalue weighted by Crippen LogP contribution is -2.27. The molecule has 0 heterocycles. The van der Waals surface area contributed by atoms with E-state index in [9.17, 15) is 0 Å². The number of hydrogen-bond donors (Lipinski definition) is 0. The lowest BCUT2D eigenvalue weighted by Gasteiger charge is -2.24. The zero-order valence-electron chi connectivity index (χ0n) is 16.7. The molecule has 0 saturated heterocycles. The van der Waals surface area contributed by atoms with Crippen LogP contribution in [0.3, 0.4) is 0 Å². The van der Waals surface area contributed by atoms with Gasteiger partial charge in [0.05, 0.1) is 12.7 Å². The van der Waals surface area contributed by atoms with Gasteiger partial charge in [0.25, 0.3) is 5.95 Å². The van der Waals surface area contributed by atoms with Crippen molar-refractivity contribution in [2.24, 2.45) is 0 Å². The average Bonchev–Trinajstić information content (AvgIpc) is 2.39. The molecule has 0 saturated carbocycles. The average molecular weight is 393 g/mol. The number of hydrogen-bond acceptors (Lipinski definition) is 3. The van der Waals surface area contributed by atoms with E-state index in [-0.39, 0.29) is 0 Å². The Morgan fingerprint density at radius 3 is 1.96 bits per heavy atom. The Hall–Kier alpha value is -0.396. The van der Waals surface area contributed by atoms with Crippen LogP contribution in [0.4, 0.5) is 0 Å². The van der Waals surface area contributed by atoms with Gasteiger partial charge in [0.15, 0.2) is 0 Å². The highest BCUT2D eigenvalue weighted by Crippen LogP contribution is 2.19. The molecule has 24 heavy (non-hydrogen) atoms. The molecule has 142 valence electrons. The van der Waals surface area contributed by atoms with Crippen LogP contribution in [-0.4, -0.2) is 29.1 Å². The van der Waals surface area contributed by atoms with Crippen LogP contribution in [0.25, 0.3) is 0 Å². The van der Waals surface area contributed by atoms with Crippen molar-refractivity contribution in [3.05, 3.63) is 23.9 Å². The second-order valence-electron chi connectivity index (χ2n) is 7.82. The number of unbranched alkanes of at least 4 members (excludes halogenated alkanes) is 4.